The van der Waals surface area contributed by atoms with Crippen molar-refractivity contribution in [2.24, 2.45) is 11.7 Å². The molecule has 3 heteroatoms. The van der Waals surface area contributed by atoms with Crippen LogP contribution < -0.4 is 11.1 Å². The molecule has 1 unspecified atom stereocenters. The van der Waals surface area contributed by atoms with Gasteiger partial charge in [-0.25, -0.2) is 0 Å². The van der Waals surface area contributed by atoms with Crippen molar-refractivity contribution in [1.29, 1.82) is 0 Å². The smallest absolute Gasteiger partial charge is 0.106 e. The largest absolute Gasteiger partial charge is 0.389 e. The van der Waals surface area contributed by atoms with E-state index in [-0.39, 0.29) is 0 Å². The third-order valence-corrected chi connectivity index (χ3v) is 4.24. The first kappa shape index (κ1) is 13.3. The Morgan fingerprint density at radius 1 is 1.39 bits per heavy atom. The fraction of sp³-hybridized carbons (Fsp3) is 0.533. The van der Waals surface area contributed by atoms with Gasteiger partial charge in [-0.3, -0.25) is 0 Å². The molecule has 2 rings (SSSR count). The molecule has 1 fully saturated rings. The maximum atomic E-state index is 5.80. The molecule has 98 valence electrons. The van der Waals surface area contributed by atoms with Crippen LogP contribution in [0.5, 0.6) is 0 Å². The van der Waals surface area contributed by atoms with Gasteiger partial charge in [0, 0.05) is 17.3 Å². The molecule has 0 bridgehead atoms. The molecule has 0 saturated heterocycles. The molecule has 2 nitrogen and oxygen atoms in total. The van der Waals surface area contributed by atoms with Gasteiger partial charge >= 0.3 is 0 Å². The second-order valence-electron chi connectivity index (χ2n) is 5.34. The van der Waals surface area contributed by atoms with Crippen LogP contribution in [0.15, 0.2) is 18.2 Å². The highest BCUT2D eigenvalue weighted by atomic mass is 32.1. The number of thiocarbonyl (C=S) groups is 1. The summed E-state index contributed by atoms with van der Waals surface area (Å²) < 4.78 is 0. The third-order valence-electron chi connectivity index (χ3n) is 4.02. The van der Waals surface area contributed by atoms with Gasteiger partial charge in [-0.05, 0) is 44.2 Å². The normalized spacial score (nSPS) is 17.7. The number of rotatable bonds is 4. The van der Waals surface area contributed by atoms with Gasteiger partial charge in [0.2, 0.25) is 0 Å². The number of nitrogens with two attached hydrogens (primary N) is 1. The van der Waals surface area contributed by atoms with Gasteiger partial charge in [-0.15, -0.1) is 0 Å². The summed E-state index contributed by atoms with van der Waals surface area (Å²) in [4.78, 5) is 0.472. The number of aryl methyl sites for hydroxylation is 1. The molecule has 0 aromatic heterocycles. The van der Waals surface area contributed by atoms with Crippen molar-refractivity contribution in [3.63, 3.8) is 0 Å². The molecule has 1 atom stereocenters. The first-order chi connectivity index (χ1) is 8.59. The molecule has 0 aliphatic heterocycles. The van der Waals surface area contributed by atoms with Gasteiger partial charge < -0.3 is 11.1 Å². The monoisotopic (exact) mass is 262 g/mol. The lowest BCUT2D eigenvalue weighted by atomic mass is 9.98. The van der Waals surface area contributed by atoms with Gasteiger partial charge in [0.05, 0.1) is 0 Å². The zero-order valence-electron chi connectivity index (χ0n) is 11.2. The van der Waals surface area contributed by atoms with Crippen molar-refractivity contribution < 1.29 is 0 Å². The second-order valence-corrected chi connectivity index (χ2v) is 5.78. The minimum Gasteiger partial charge on any atom is -0.389 e. The Morgan fingerprint density at radius 3 is 2.67 bits per heavy atom. The molecule has 0 heterocycles. The summed E-state index contributed by atoms with van der Waals surface area (Å²) in [5.41, 5.74) is 9.10. The maximum Gasteiger partial charge on any atom is 0.106 e. The van der Waals surface area contributed by atoms with E-state index < -0.39 is 0 Å². The molecule has 3 N–H and O–H groups in total. The average Bonchev–Trinajstić information content (AvgIpc) is 2.85. The molecular formula is C15H22N2S. The maximum absolute atomic E-state index is 5.80. The van der Waals surface area contributed by atoms with E-state index in [4.69, 9.17) is 18.0 Å². The van der Waals surface area contributed by atoms with Crippen molar-refractivity contribution >= 4 is 22.9 Å². The first-order valence-electron chi connectivity index (χ1n) is 6.75. The summed E-state index contributed by atoms with van der Waals surface area (Å²) in [5.74, 6) is 0.781. The van der Waals surface area contributed by atoms with Crippen molar-refractivity contribution in [3.05, 3.63) is 29.3 Å². The quantitative estimate of drug-likeness (QED) is 0.814. The fourth-order valence-corrected chi connectivity index (χ4v) is 3.04. The minimum atomic E-state index is 0.472. The fourth-order valence-electron chi connectivity index (χ4n) is 2.87. The number of hydrogen-bond acceptors (Lipinski definition) is 2. The standard InChI is InChI=1S/C15H22N2S/c1-10-6-5-9-13(15(16)18)14(10)17-11(2)12-7-3-4-8-12/h5-6,9,11-12,17H,3-4,7-8H2,1-2H3,(H2,16,18). The SMILES string of the molecule is Cc1cccc(C(N)=S)c1NC(C)C1CCCC1. The summed E-state index contributed by atoms with van der Waals surface area (Å²) >= 11 is 5.13. The highest BCUT2D eigenvalue weighted by Crippen LogP contribution is 2.30. The number of benzene rings is 1. The van der Waals surface area contributed by atoms with Crippen LogP contribution in [0.3, 0.4) is 0 Å². The lowest BCUT2D eigenvalue weighted by Gasteiger charge is -2.24. The number of hydrogen-bond donors (Lipinski definition) is 2. The van der Waals surface area contributed by atoms with Crippen molar-refractivity contribution in [3.8, 4) is 0 Å². The Balaban J connectivity index is 2.19. The lowest BCUT2D eigenvalue weighted by Crippen LogP contribution is -2.26. The third kappa shape index (κ3) is 2.83. The molecular weight excluding hydrogens is 240 g/mol. The van der Waals surface area contributed by atoms with E-state index in [0.29, 0.717) is 11.0 Å². The predicted molar refractivity (Wildman–Crippen MR) is 82.1 cm³/mol. The van der Waals surface area contributed by atoms with E-state index in [1.54, 1.807) is 0 Å². The Kier molecular flexibility index (Phi) is 4.23. The zero-order chi connectivity index (χ0) is 13.1. The number of anilines is 1. The summed E-state index contributed by atoms with van der Waals surface area (Å²) in [6, 6.07) is 6.60. The lowest BCUT2D eigenvalue weighted by molar-refractivity contribution is 0.482. The molecule has 0 radical (unpaired) electrons. The van der Waals surface area contributed by atoms with Crippen LogP contribution in [0.1, 0.15) is 43.7 Å². The van der Waals surface area contributed by atoms with Crippen molar-refractivity contribution in [2.45, 2.75) is 45.6 Å². The molecule has 1 aromatic carbocycles. The van der Waals surface area contributed by atoms with Crippen LogP contribution in [-0.2, 0) is 0 Å². The van der Waals surface area contributed by atoms with E-state index in [0.717, 1.165) is 17.2 Å². The molecule has 1 aromatic rings. The second kappa shape index (κ2) is 5.70. The summed E-state index contributed by atoms with van der Waals surface area (Å²) in [7, 11) is 0. The Bertz CT molecular complexity index is 436. The van der Waals surface area contributed by atoms with Crippen molar-refractivity contribution in [1.82, 2.24) is 0 Å². The molecule has 1 aliphatic rings. The first-order valence-corrected chi connectivity index (χ1v) is 7.16. The predicted octanol–water partition coefficient (Wildman–Crippen LogP) is 3.62. The van der Waals surface area contributed by atoms with Gasteiger partial charge in [-0.1, -0.05) is 37.2 Å². The van der Waals surface area contributed by atoms with Gasteiger partial charge in [0.1, 0.15) is 4.99 Å². The van der Waals surface area contributed by atoms with Crippen molar-refractivity contribution in [2.75, 3.05) is 5.32 Å². The Morgan fingerprint density at radius 2 is 2.06 bits per heavy atom. The van der Waals surface area contributed by atoms with Gasteiger partial charge in [0.15, 0.2) is 0 Å². The average molecular weight is 262 g/mol. The Hall–Kier alpha value is -1.09. The van der Waals surface area contributed by atoms with E-state index >= 15 is 0 Å². The van der Waals surface area contributed by atoms with Gasteiger partial charge in [-0.2, -0.15) is 0 Å². The van der Waals surface area contributed by atoms with E-state index in [2.05, 4.69) is 25.2 Å². The molecule has 0 spiro atoms. The zero-order valence-corrected chi connectivity index (χ0v) is 12.0. The van der Waals surface area contributed by atoms with Crippen LogP contribution in [0.4, 0.5) is 5.69 Å². The summed E-state index contributed by atoms with van der Waals surface area (Å²) in [5, 5.41) is 3.63. The Labute approximate surface area is 115 Å². The van der Waals surface area contributed by atoms with Crippen LogP contribution in [-0.4, -0.2) is 11.0 Å². The van der Waals surface area contributed by atoms with Crippen LogP contribution >= 0.6 is 12.2 Å². The summed E-state index contributed by atoms with van der Waals surface area (Å²) in [6.07, 6.45) is 5.41. The summed E-state index contributed by atoms with van der Waals surface area (Å²) in [6.45, 7) is 4.37. The molecule has 1 aliphatic carbocycles. The highest BCUT2D eigenvalue weighted by Gasteiger charge is 2.22. The molecule has 18 heavy (non-hydrogen) atoms. The molecule has 0 amide bonds. The van der Waals surface area contributed by atoms with Crippen LogP contribution in [0, 0.1) is 12.8 Å². The van der Waals surface area contributed by atoms with E-state index in [1.165, 1.54) is 31.2 Å². The number of nitrogens with one attached hydrogen (secondary N) is 1. The van der Waals surface area contributed by atoms with E-state index in [1.807, 2.05) is 12.1 Å². The highest BCUT2D eigenvalue weighted by molar-refractivity contribution is 7.80. The van der Waals surface area contributed by atoms with Crippen LogP contribution in [0.25, 0.3) is 0 Å². The molecule has 1 saturated carbocycles. The van der Waals surface area contributed by atoms with Gasteiger partial charge in [0.25, 0.3) is 0 Å². The topological polar surface area (TPSA) is 38.0 Å². The number of para-hydroxylation sites is 1. The minimum absolute atomic E-state index is 0.472. The van der Waals surface area contributed by atoms with Crippen LogP contribution in [0.2, 0.25) is 0 Å². The van der Waals surface area contributed by atoms with E-state index in [9.17, 15) is 0 Å².